The van der Waals surface area contributed by atoms with Crippen LogP contribution in [0.1, 0.15) is 35.4 Å². The highest BCUT2D eigenvalue weighted by molar-refractivity contribution is 6.30. The van der Waals surface area contributed by atoms with Crippen LogP contribution in [0.25, 0.3) is 16.5 Å². The maximum absolute atomic E-state index is 6.23. The first-order valence-corrected chi connectivity index (χ1v) is 9.37. The van der Waals surface area contributed by atoms with E-state index in [1.807, 2.05) is 6.07 Å². The van der Waals surface area contributed by atoms with Gasteiger partial charge in [0.15, 0.2) is 5.82 Å². The zero-order chi connectivity index (χ0) is 18.4. The predicted molar refractivity (Wildman–Crippen MR) is 107 cm³/mol. The van der Waals surface area contributed by atoms with E-state index in [2.05, 4.69) is 80.8 Å². The number of tetrazole rings is 1. The van der Waals surface area contributed by atoms with Gasteiger partial charge < -0.3 is 4.57 Å². The number of fused-ring (bicyclic) bond motifs is 2. The number of hydrogen-bond acceptors (Lipinski definition) is 3. The monoisotopic (exact) mass is 375 g/mol. The molecule has 0 aliphatic heterocycles. The largest absolute Gasteiger partial charge is 0.343 e. The lowest BCUT2D eigenvalue weighted by atomic mass is 10.0. The fourth-order valence-corrected chi connectivity index (χ4v) is 4.12. The molecule has 0 spiro atoms. The fraction of sp³-hybridized carbons (Fsp3) is 0.190. The molecule has 1 N–H and O–H groups in total. The van der Waals surface area contributed by atoms with Crippen molar-refractivity contribution in [2.75, 3.05) is 0 Å². The first kappa shape index (κ1) is 16.3. The van der Waals surface area contributed by atoms with Gasteiger partial charge in [0.05, 0.1) is 0 Å². The zero-order valence-corrected chi connectivity index (χ0v) is 15.6. The Morgan fingerprint density at radius 1 is 1.22 bits per heavy atom. The lowest BCUT2D eigenvalue weighted by Gasteiger charge is -2.09. The molecule has 0 amide bonds. The maximum Gasteiger partial charge on any atom is 0.155 e. The standard InChI is InChI=1S/C21H18ClN5/c1-13(21-23-25-26-24-21)19-12-27(20-5-3-2-4-17(19)20)11-15-7-6-14-8-9-16(22)10-18(14)15/h2-5,7-10,12-13H,6,11H2,1H3,(H,23,24,25,26). The normalized spacial score (nSPS) is 14.4. The van der Waals surface area contributed by atoms with E-state index in [9.17, 15) is 0 Å². The minimum atomic E-state index is 0.0884. The van der Waals surface area contributed by atoms with Gasteiger partial charge in [0.1, 0.15) is 0 Å². The number of rotatable bonds is 4. The van der Waals surface area contributed by atoms with Gasteiger partial charge in [-0.3, -0.25) is 0 Å². The van der Waals surface area contributed by atoms with Gasteiger partial charge in [-0.05, 0) is 57.3 Å². The first-order chi connectivity index (χ1) is 13.2. The summed E-state index contributed by atoms with van der Waals surface area (Å²) in [5, 5.41) is 16.5. The summed E-state index contributed by atoms with van der Waals surface area (Å²) >= 11 is 6.23. The second-order valence-electron chi connectivity index (χ2n) is 6.97. The minimum absolute atomic E-state index is 0.0884. The molecule has 2 aromatic carbocycles. The van der Waals surface area contributed by atoms with Gasteiger partial charge in [0.25, 0.3) is 0 Å². The van der Waals surface area contributed by atoms with Crippen molar-refractivity contribution in [3.05, 3.63) is 82.3 Å². The lowest BCUT2D eigenvalue weighted by Crippen LogP contribution is -2.00. The number of aromatic nitrogens is 5. The molecule has 0 bridgehead atoms. The Bertz CT molecular complexity index is 1160. The van der Waals surface area contributed by atoms with E-state index in [0.717, 1.165) is 23.8 Å². The van der Waals surface area contributed by atoms with E-state index in [0.29, 0.717) is 0 Å². The van der Waals surface area contributed by atoms with Gasteiger partial charge in [-0.25, -0.2) is 5.10 Å². The summed E-state index contributed by atoms with van der Waals surface area (Å²) in [7, 11) is 0. The third-order valence-electron chi connectivity index (χ3n) is 5.38. The molecule has 1 aliphatic rings. The van der Waals surface area contributed by atoms with Crippen molar-refractivity contribution in [1.29, 1.82) is 0 Å². The molecule has 0 fully saturated rings. The summed E-state index contributed by atoms with van der Waals surface area (Å²) in [5.74, 6) is 0.862. The van der Waals surface area contributed by atoms with Crippen LogP contribution in [-0.4, -0.2) is 25.2 Å². The van der Waals surface area contributed by atoms with Crippen molar-refractivity contribution < 1.29 is 0 Å². The van der Waals surface area contributed by atoms with Crippen LogP contribution < -0.4 is 0 Å². The third-order valence-corrected chi connectivity index (χ3v) is 5.62. The predicted octanol–water partition coefficient (Wildman–Crippen LogP) is 4.60. The van der Waals surface area contributed by atoms with Crippen LogP contribution in [0.3, 0.4) is 0 Å². The Hall–Kier alpha value is -2.92. The summed E-state index contributed by atoms with van der Waals surface area (Å²) < 4.78 is 2.31. The molecule has 0 saturated carbocycles. The van der Waals surface area contributed by atoms with Gasteiger partial charge in [0.2, 0.25) is 0 Å². The molecule has 6 heteroatoms. The van der Waals surface area contributed by atoms with Crippen LogP contribution in [0, 0.1) is 0 Å². The number of hydrogen-bond donors (Lipinski definition) is 1. The van der Waals surface area contributed by atoms with Crippen molar-refractivity contribution in [2.24, 2.45) is 0 Å². The number of halogens is 1. The van der Waals surface area contributed by atoms with Crippen LogP contribution in [-0.2, 0) is 13.0 Å². The Labute approximate surface area is 161 Å². The molecule has 5 rings (SSSR count). The molecule has 27 heavy (non-hydrogen) atoms. The van der Waals surface area contributed by atoms with Gasteiger partial charge >= 0.3 is 0 Å². The number of benzene rings is 2. The Morgan fingerprint density at radius 2 is 2.11 bits per heavy atom. The topological polar surface area (TPSA) is 59.4 Å². The average molecular weight is 376 g/mol. The van der Waals surface area contributed by atoms with Gasteiger partial charge in [-0.15, -0.1) is 5.10 Å². The molecule has 4 aromatic rings. The number of nitrogens with zero attached hydrogens (tertiary/aromatic N) is 4. The van der Waals surface area contributed by atoms with E-state index >= 15 is 0 Å². The summed E-state index contributed by atoms with van der Waals surface area (Å²) in [6.07, 6.45) is 5.49. The second-order valence-corrected chi connectivity index (χ2v) is 7.41. The molecule has 134 valence electrons. The highest BCUT2D eigenvalue weighted by Gasteiger charge is 2.20. The van der Waals surface area contributed by atoms with E-state index in [4.69, 9.17) is 11.6 Å². The van der Waals surface area contributed by atoms with E-state index in [1.54, 1.807) is 0 Å². The van der Waals surface area contributed by atoms with E-state index < -0.39 is 0 Å². The van der Waals surface area contributed by atoms with Gasteiger partial charge in [0, 0.05) is 34.6 Å². The Balaban J connectivity index is 1.57. The third kappa shape index (κ3) is 2.75. The van der Waals surface area contributed by atoms with E-state index in [-0.39, 0.29) is 5.92 Å². The van der Waals surface area contributed by atoms with Crippen molar-refractivity contribution in [3.8, 4) is 0 Å². The number of aromatic amines is 1. The molecular weight excluding hydrogens is 358 g/mol. The first-order valence-electron chi connectivity index (χ1n) is 9.00. The molecule has 0 saturated heterocycles. The van der Waals surface area contributed by atoms with Crippen molar-refractivity contribution >= 4 is 28.1 Å². The number of allylic oxidation sites excluding steroid dienone is 2. The van der Waals surface area contributed by atoms with Crippen molar-refractivity contribution in [3.63, 3.8) is 0 Å². The van der Waals surface area contributed by atoms with Crippen LogP contribution >= 0.6 is 11.6 Å². The summed E-state index contributed by atoms with van der Waals surface area (Å²) in [6, 6.07) is 14.6. The Morgan fingerprint density at radius 3 is 2.96 bits per heavy atom. The fourth-order valence-electron chi connectivity index (χ4n) is 3.95. The summed E-state index contributed by atoms with van der Waals surface area (Å²) in [4.78, 5) is 0. The highest BCUT2D eigenvalue weighted by atomic mass is 35.5. The van der Waals surface area contributed by atoms with Crippen molar-refractivity contribution in [2.45, 2.75) is 25.8 Å². The molecule has 1 unspecified atom stereocenters. The molecule has 5 nitrogen and oxygen atoms in total. The molecule has 2 aromatic heterocycles. The SMILES string of the molecule is CC(c1nnn[nH]1)c1cn(CC2=CCc3ccc(Cl)cc32)c2ccccc12. The zero-order valence-electron chi connectivity index (χ0n) is 14.9. The molecule has 1 aliphatic carbocycles. The minimum Gasteiger partial charge on any atom is -0.343 e. The number of nitrogens with one attached hydrogen (secondary N) is 1. The van der Waals surface area contributed by atoms with E-state index in [1.165, 1.54) is 33.2 Å². The van der Waals surface area contributed by atoms with Crippen molar-refractivity contribution in [1.82, 2.24) is 25.2 Å². The summed E-state index contributed by atoms with van der Waals surface area (Å²) in [6.45, 7) is 2.94. The smallest absolute Gasteiger partial charge is 0.155 e. The second kappa shape index (κ2) is 6.35. The lowest BCUT2D eigenvalue weighted by molar-refractivity contribution is 0.808. The highest BCUT2D eigenvalue weighted by Crippen LogP contribution is 2.34. The molecule has 0 radical (unpaired) electrons. The van der Waals surface area contributed by atoms with Crippen LogP contribution in [0.2, 0.25) is 5.02 Å². The van der Waals surface area contributed by atoms with Crippen LogP contribution in [0.15, 0.2) is 54.7 Å². The summed E-state index contributed by atoms with van der Waals surface area (Å²) in [5.41, 5.74) is 6.34. The Kier molecular flexibility index (Phi) is 3.83. The number of para-hydroxylation sites is 1. The van der Waals surface area contributed by atoms with Crippen LogP contribution in [0.4, 0.5) is 0 Å². The van der Waals surface area contributed by atoms with Crippen LogP contribution in [0.5, 0.6) is 0 Å². The maximum atomic E-state index is 6.23. The molecule has 2 heterocycles. The quantitative estimate of drug-likeness (QED) is 0.567. The molecular formula is C21H18ClN5. The average Bonchev–Trinajstić information content (AvgIpc) is 3.41. The van der Waals surface area contributed by atoms with Gasteiger partial charge in [-0.2, -0.15) is 0 Å². The molecule has 1 atom stereocenters. The number of H-pyrrole nitrogens is 1. The van der Waals surface area contributed by atoms with Gasteiger partial charge in [-0.1, -0.05) is 48.9 Å².